The third kappa shape index (κ3) is 12.9. The quantitative estimate of drug-likeness (QED) is 0.0968. The van der Waals surface area contributed by atoms with E-state index in [2.05, 4.69) is 56.5 Å². The first-order chi connectivity index (χ1) is 19.5. The molecule has 6 nitrogen and oxygen atoms in total. The van der Waals surface area contributed by atoms with Gasteiger partial charge in [-0.15, -0.1) is 25.3 Å². The molecule has 3 aromatic rings. The maximum Gasteiger partial charge on any atom is 0.185 e. The van der Waals surface area contributed by atoms with Gasteiger partial charge in [0, 0.05) is 50.7 Å². The maximum absolute atomic E-state index is 11.5. The van der Waals surface area contributed by atoms with Crippen LogP contribution in [0.3, 0.4) is 0 Å². The zero-order chi connectivity index (χ0) is 28.4. The molecule has 0 aliphatic heterocycles. The van der Waals surface area contributed by atoms with Crippen molar-refractivity contribution in [2.24, 2.45) is 0 Å². The van der Waals surface area contributed by atoms with Gasteiger partial charge < -0.3 is 9.13 Å². The van der Waals surface area contributed by atoms with Crippen LogP contribution >= 0.6 is 25.3 Å². The number of carbonyl (C=O) groups excluding carboxylic acids is 2. The Bertz CT molecular complexity index is 1040. The van der Waals surface area contributed by atoms with E-state index in [1.54, 1.807) is 0 Å². The van der Waals surface area contributed by atoms with Crippen molar-refractivity contribution >= 4 is 35.5 Å². The minimum atomic E-state index is -0.0530. The molecule has 0 aliphatic rings. The van der Waals surface area contributed by atoms with Gasteiger partial charge in [-0.3, -0.25) is 9.59 Å². The monoisotopic (exact) mass is 582 g/mol. The van der Waals surface area contributed by atoms with Crippen LogP contribution in [0, 0.1) is 0 Å². The van der Waals surface area contributed by atoms with E-state index in [0.717, 1.165) is 51.6 Å². The summed E-state index contributed by atoms with van der Waals surface area (Å²) in [4.78, 5) is 31.2. The molecular weight excluding hydrogens is 537 g/mol. The molecule has 0 atom stereocenters. The number of hydrogen-bond acceptors (Lipinski definition) is 4. The predicted octanol–water partition coefficient (Wildman–Crippen LogP) is 7.24. The van der Waals surface area contributed by atoms with Gasteiger partial charge in [-0.05, 0) is 86.5 Å². The first kappa shape index (κ1) is 32.2. The summed E-state index contributed by atoms with van der Waals surface area (Å²) in [6, 6.07) is 4.83. The van der Waals surface area contributed by atoms with Crippen molar-refractivity contribution in [3.05, 3.63) is 71.8 Å². The summed E-state index contributed by atoms with van der Waals surface area (Å²) in [5, 5.41) is -0.106. The van der Waals surface area contributed by atoms with Crippen LogP contribution in [0.2, 0.25) is 0 Å². The lowest BCUT2D eigenvalue weighted by Gasteiger charge is -2.17. The van der Waals surface area contributed by atoms with E-state index in [9.17, 15) is 9.59 Å². The Morgan fingerprint density at radius 2 is 0.925 bits per heavy atom. The second-order valence-electron chi connectivity index (χ2n) is 10.8. The Balaban J connectivity index is 1.60. The molecule has 0 saturated carbocycles. The number of imidazole rings is 2. The van der Waals surface area contributed by atoms with Crippen LogP contribution in [-0.2, 0) is 48.4 Å². The van der Waals surface area contributed by atoms with Crippen LogP contribution in [0.4, 0.5) is 0 Å². The van der Waals surface area contributed by atoms with Crippen molar-refractivity contribution in [3.8, 4) is 0 Å². The molecular formula is C32H46N4O2S2. The Hall–Kier alpha value is -2.32. The predicted molar refractivity (Wildman–Crippen MR) is 169 cm³/mol. The number of benzene rings is 1. The van der Waals surface area contributed by atoms with Gasteiger partial charge in [0.2, 0.25) is 0 Å². The third-order valence-corrected chi connectivity index (χ3v) is 7.99. The number of hydrogen-bond donors (Lipinski definition) is 2. The fourth-order valence-corrected chi connectivity index (χ4v) is 5.66. The third-order valence-electron chi connectivity index (χ3n) is 7.54. The molecule has 3 rings (SSSR count). The average Bonchev–Trinajstić information content (AvgIpc) is 3.64. The zero-order valence-corrected chi connectivity index (χ0v) is 25.6. The van der Waals surface area contributed by atoms with Gasteiger partial charge in [0.15, 0.2) is 10.2 Å². The van der Waals surface area contributed by atoms with Crippen LogP contribution in [0.5, 0.6) is 0 Å². The highest BCUT2D eigenvalue weighted by atomic mass is 32.1. The van der Waals surface area contributed by atoms with Crippen molar-refractivity contribution < 1.29 is 9.59 Å². The average molecular weight is 583 g/mol. The molecule has 0 N–H and O–H groups in total. The summed E-state index contributed by atoms with van der Waals surface area (Å²) in [7, 11) is 0. The molecule has 0 spiro atoms. The van der Waals surface area contributed by atoms with E-state index >= 15 is 0 Å². The van der Waals surface area contributed by atoms with Crippen molar-refractivity contribution in [3.63, 3.8) is 0 Å². The molecule has 0 radical (unpaired) electrons. The van der Waals surface area contributed by atoms with E-state index in [0.29, 0.717) is 12.8 Å². The van der Waals surface area contributed by atoms with Gasteiger partial charge in [-0.1, -0.05) is 37.8 Å². The highest BCUT2D eigenvalue weighted by molar-refractivity contribution is 7.96. The van der Waals surface area contributed by atoms with Gasteiger partial charge in [0.05, 0.1) is 12.7 Å². The van der Waals surface area contributed by atoms with E-state index in [4.69, 9.17) is 0 Å². The molecule has 0 bridgehead atoms. The number of aryl methyl sites for hydroxylation is 6. The summed E-state index contributed by atoms with van der Waals surface area (Å²) in [6.07, 6.45) is 27.7. The van der Waals surface area contributed by atoms with Crippen LogP contribution in [0.15, 0.2) is 49.6 Å². The van der Waals surface area contributed by atoms with Gasteiger partial charge in [0.1, 0.15) is 0 Å². The SMILES string of the molecule is O=C(S)CCCc1cc(CCCCCCn2ccnc2)c(CCCCCCn2ccnc2)cc1CCCC(=O)S. The highest BCUT2D eigenvalue weighted by Gasteiger charge is 2.12. The van der Waals surface area contributed by atoms with Crippen molar-refractivity contribution in [1.82, 2.24) is 19.1 Å². The molecule has 0 fully saturated rings. The van der Waals surface area contributed by atoms with Gasteiger partial charge >= 0.3 is 0 Å². The molecule has 2 heterocycles. The van der Waals surface area contributed by atoms with Crippen LogP contribution in [-0.4, -0.2) is 29.3 Å². The first-order valence-electron chi connectivity index (χ1n) is 15.0. The normalized spacial score (nSPS) is 11.2. The second-order valence-corrected chi connectivity index (χ2v) is 11.8. The summed E-state index contributed by atoms with van der Waals surface area (Å²) < 4.78 is 4.30. The smallest absolute Gasteiger partial charge is 0.185 e. The Morgan fingerprint density at radius 3 is 1.27 bits per heavy atom. The van der Waals surface area contributed by atoms with E-state index < -0.39 is 0 Å². The summed E-state index contributed by atoms with van der Waals surface area (Å²) in [6.45, 7) is 2.06. The number of unbranched alkanes of at least 4 members (excludes halogenated alkanes) is 6. The zero-order valence-electron chi connectivity index (χ0n) is 23.8. The Labute approximate surface area is 251 Å². The topological polar surface area (TPSA) is 69.8 Å². The highest BCUT2D eigenvalue weighted by Crippen LogP contribution is 2.25. The molecule has 2 aromatic heterocycles. The van der Waals surface area contributed by atoms with E-state index in [-0.39, 0.29) is 10.2 Å². The Morgan fingerprint density at radius 1 is 0.550 bits per heavy atom. The minimum absolute atomic E-state index is 0.0530. The lowest BCUT2D eigenvalue weighted by atomic mass is 9.88. The molecule has 218 valence electrons. The molecule has 0 amide bonds. The fourth-order valence-electron chi connectivity index (χ4n) is 5.35. The number of thiol groups is 2. The standard InChI is InChI=1S/C32H46N4O2S2/c37-31(39)15-9-13-29-23-27(11-5-1-3-7-19-35-21-17-33-25-35)28(24-30(29)14-10-16-32(38)40)12-6-2-4-8-20-36-22-18-34-26-36/h17-18,21-26H,1-16,19-20H2,(H,37,39)(H,38,40). The van der Waals surface area contributed by atoms with Crippen molar-refractivity contribution in [2.75, 3.05) is 0 Å². The molecule has 8 heteroatoms. The minimum Gasteiger partial charge on any atom is -0.337 e. The maximum atomic E-state index is 11.5. The second kappa shape index (κ2) is 18.9. The summed E-state index contributed by atoms with van der Waals surface area (Å²) in [5.41, 5.74) is 5.60. The van der Waals surface area contributed by atoms with Gasteiger partial charge in [-0.2, -0.15) is 0 Å². The first-order valence-corrected chi connectivity index (χ1v) is 15.9. The molecule has 40 heavy (non-hydrogen) atoms. The molecule has 0 unspecified atom stereocenters. The lowest BCUT2D eigenvalue weighted by Crippen LogP contribution is -2.05. The molecule has 0 aliphatic carbocycles. The lowest BCUT2D eigenvalue weighted by molar-refractivity contribution is -0.111. The number of carbonyl (C=O) groups is 2. The van der Waals surface area contributed by atoms with Crippen molar-refractivity contribution in [1.29, 1.82) is 0 Å². The van der Waals surface area contributed by atoms with E-state index in [1.807, 2.05) is 37.4 Å². The molecule has 1 aromatic carbocycles. The molecule has 0 saturated heterocycles. The van der Waals surface area contributed by atoms with Gasteiger partial charge in [-0.25, -0.2) is 9.97 Å². The number of aromatic nitrogens is 4. The number of nitrogens with zero attached hydrogens (tertiary/aromatic N) is 4. The number of rotatable bonds is 22. The fraction of sp³-hybridized carbons (Fsp3) is 0.562. The van der Waals surface area contributed by atoms with E-state index in [1.165, 1.54) is 73.6 Å². The van der Waals surface area contributed by atoms with Crippen LogP contribution in [0.25, 0.3) is 0 Å². The Kier molecular flexibility index (Phi) is 15.2. The largest absolute Gasteiger partial charge is 0.337 e. The van der Waals surface area contributed by atoms with Crippen LogP contribution < -0.4 is 0 Å². The summed E-state index contributed by atoms with van der Waals surface area (Å²) in [5.74, 6) is 0. The van der Waals surface area contributed by atoms with Crippen molar-refractivity contribution in [2.45, 2.75) is 116 Å². The van der Waals surface area contributed by atoms with Gasteiger partial charge in [0.25, 0.3) is 0 Å². The summed E-state index contributed by atoms with van der Waals surface area (Å²) >= 11 is 7.93. The van der Waals surface area contributed by atoms with Crippen LogP contribution in [0.1, 0.15) is 99.3 Å².